The van der Waals surface area contributed by atoms with Gasteiger partial charge in [-0.3, -0.25) is 4.79 Å². The van der Waals surface area contributed by atoms with Crippen LogP contribution in [0.15, 0.2) is 78.9 Å². The highest BCUT2D eigenvalue weighted by Crippen LogP contribution is 2.39. The third kappa shape index (κ3) is 4.15. The fourth-order valence-electron chi connectivity index (χ4n) is 4.77. The number of ether oxygens (including phenoxy) is 2. The zero-order valence-corrected chi connectivity index (χ0v) is 17.6. The Morgan fingerprint density at radius 2 is 1.52 bits per heavy atom. The van der Waals surface area contributed by atoms with Crippen molar-refractivity contribution in [2.24, 2.45) is 0 Å². The molecule has 0 bridgehead atoms. The minimum Gasteiger partial charge on any atom is -0.486 e. The Morgan fingerprint density at radius 1 is 0.871 bits per heavy atom. The van der Waals surface area contributed by atoms with E-state index in [4.69, 9.17) is 9.47 Å². The predicted octanol–water partition coefficient (Wildman–Crippen LogP) is 5.34. The van der Waals surface area contributed by atoms with Crippen LogP contribution in [-0.2, 0) is 4.79 Å². The lowest BCUT2D eigenvalue weighted by Gasteiger charge is -2.28. The molecule has 3 aromatic rings. The number of likely N-dealkylation sites (tertiary alicyclic amines) is 1. The first-order valence-corrected chi connectivity index (χ1v) is 11.1. The lowest BCUT2D eigenvalue weighted by molar-refractivity contribution is -0.132. The van der Waals surface area contributed by atoms with Gasteiger partial charge in [-0.25, -0.2) is 0 Å². The predicted molar refractivity (Wildman–Crippen MR) is 120 cm³/mol. The molecular formula is C27H27NO3. The van der Waals surface area contributed by atoms with E-state index in [0.717, 1.165) is 36.4 Å². The van der Waals surface area contributed by atoms with Gasteiger partial charge in [0.05, 0.1) is 6.04 Å². The number of fused-ring (bicyclic) bond motifs is 1. The number of carbonyl (C=O) groups excluding carboxylic acids is 1. The smallest absolute Gasteiger partial charge is 0.224 e. The summed E-state index contributed by atoms with van der Waals surface area (Å²) in [4.78, 5) is 15.6. The molecule has 0 saturated carbocycles. The second-order valence-corrected chi connectivity index (χ2v) is 8.23. The van der Waals surface area contributed by atoms with Crippen molar-refractivity contribution in [2.45, 2.75) is 31.2 Å². The van der Waals surface area contributed by atoms with Crippen LogP contribution in [0.1, 0.15) is 47.9 Å². The van der Waals surface area contributed by atoms with Crippen LogP contribution in [-0.4, -0.2) is 30.6 Å². The third-order valence-corrected chi connectivity index (χ3v) is 6.31. The zero-order chi connectivity index (χ0) is 21.0. The van der Waals surface area contributed by atoms with Gasteiger partial charge in [-0.15, -0.1) is 0 Å². The number of carbonyl (C=O) groups is 1. The fourth-order valence-corrected chi connectivity index (χ4v) is 4.77. The molecule has 0 spiro atoms. The maximum atomic E-state index is 13.5. The lowest BCUT2D eigenvalue weighted by atomic mass is 9.88. The Balaban J connectivity index is 1.39. The van der Waals surface area contributed by atoms with Gasteiger partial charge >= 0.3 is 0 Å². The second kappa shape index (κ2) is 8.84. The van der Waals surface area contributed by atoms with Crippen molar-refractivity contribution in [3.8, 4) is 11.5 Å². The Morgan fingerprint density at radius 3 is 2.19 bits per heavy atom. The van der Waals surface area contributed by atoms with E-state index in [9.17, 15) is 4.79 Å². The third-order valence-electron chi connectivity index (χ3n) is 6.31. The Bertz CT molecular complexity index is 995. The summed E-state index contributed by atoms with van der Waals surface area (Å²) in [6.07, 6.45) is 2.47. The molecule has 2 aliphatic heterocycles. The van der Waals surface area contributed by atoms with E-state index in [-0.39, 0.29) is 17.9 Å². The minimum absolute atomic E-state index is 0.0522. The SMILES string of the molecule is O=C(CC(c1ccccc1)c1ccccc1)N1CCCC1c1ccc2c(c1)OCCO2. The number of benzene rings is 3. The largest absolute Gasteiger partial charge is 0.486 e. The van der Waals surface area contributed by atoms with Crippen LogP contribution < -0.4 is 9.47 Å². The molecule has 1 amide bonds. The summed E-state index contributed by atoms with van der Waals surface area (Å²) in [6, 6.07) is 26.9. The molecule has 5 rings (SSSR count). The molecule has 1 atom stereocenters. The molecule has 0 aliphatic carbocycles. The van der Waals surface area contributed by atoms with E-state index in [1.807, 2.05) is 42.5 Å². The molecule has 3 aromatic carbocycles. The van der Waals surface area contributed by atoms with Crippen LogP contribution in [0.2, 0.25) is 0 Å². The first kappa shape index (κ1) is 19.7. The first-order valence-electron chi connectivity index (χ1n) is 11.1. The summed E-state index contributed by atoms with van der Waals surface area (Å²) in [5.74, 6) is 1.83. The van der Waals surface area contributed by atoms with Crippen LogP contribution in [0.3, 0.4) is 0 Å². The maximum absolute atomic E-state index is 13.5. The molecule has 0 radical (unpaired) electrons. The number of nitrogens with zero attached hydrogens (tertiary/aromatic N) is 1. The highest BCUT2D eigenvalue weighted by molar-refractivity contribution is 5.78. The molecule has 4 nitrogen and oxygen atoms in total. The zero-order valence-electron chi connectivity index (χ0n) is 17.6. The molecular weight excluding hydrogens is 386 g/mol. The number of hydrogen-bond donors (Lipinski definition) is 0. The standard InChI is InChI=1S/C27H27NO3/c29-27(19-23(20-8-3-1-4-9-20)21-10-5-2-6-11-21)28-15-7-12-24(28)22-13-14-25-26(18-22)31-17-16-30-25/h1-6,8-11,13-14,18,23-24H,7,12,15-17,19H2. The van der Waals surface area contributed by atoms with Gasteiger partial charge in [0, 0.05) is 18.9 Å². The van der Waals surface area contributed by atoms with Gasteiger partial charge < -0.3 is 14.4 Å². The van der Waals surface area contributed by atoms with Crippen LogP contribution in [0, 0.1) is 0 Å². The van der Waals surface area contributed by atoms with Crippen molar-refractivity contribution >= 4 is 5.91 Å². The number of hydrogen-bond acceptors (Lipinski definition) is 3. The summed E-state index contributed by atoms with van der Waals surface area (Å²) in [5, 5.41) is 0. The van der Waals surface area contributed by atoms with Gasteiger partial charge in [0.2, 0.25) is 5.91 Å². The molecule has 0 N–H and O–H groups in total. The van der Waals surface area contributed by atoms with Gasteiger partial charge in [-0.2, -0.15) is 0 Å². The van der Waals surface area contributed by atoms with Crippen LogP contribution >= 0.6 is 0 Å². The maximum Gasteiger partial charge on any atom is 0.224 e. The minimum atomic E-state index is 0.0522. The average molecular weight is 414 g/mol. The topological polar surface area (TPSA) is 38.8 Å². The molecule has 2 heterocycles. The highest BCUT2D eigenvalue weighted by Gasteiger charge is 2.32. The van der Waals surface area contributed by atoms with E-state index >= 15 is 0 Å². The van der Waals surface area contributed by atoms with Gasteiger partial charge in [-0.1, -0.05) is 66.7 Å². The van der Waals surface area contributed by atoms with Gasteiger partial charge in [-0.05, 0) is 41.7 Å². The molecule has 158 valence electrons. The van der Waals surface area contributed by atoms with E-state index in [2.05, 4.69) is 41.3 Å². The fraction of sp³-hybridized carbons (Fsp3) is 0.296. The molecule has 1 fully saturated rings. The summed E-state index contributed by atoms with van der Waals surface area (Å²) in [6.45, 7) is 1.95. The molecule has 1 saturated heterocycles. The van der Waals surface area contributed by atoms with E-state index < -0.39 is 0 Å². The molecule has 0 aromatic heterocycles. The lowest BCUT2D eigenvalue weighted by Crippen LogP contribution is -2.32. The van der Waals surface area contributed by atoms with Crippen molar-refractivity contribution in [2.75, 3.05) is 19.8 Å². The highest BCUT2D eigenvalue weighted by atomic mass is 16.6. The quantitative estimate of drug-likeness (QED) is 0.566. The van der Waals surface area contributed by atoms with Crippen molar-refractivity contribution in [1.29, 1.82) is 0 Å². The van der Waals surface area contributed by atoms with E-state index in [1.165, 1.54) is 11.1 Å². The normalized spacial score (nSPS) is 17.7. The van der Waals surface area contributed by atoms with Crippen molar-refractivity contribution < 1.29 is 14.3 Å². The van der Waals surface area contributed by atoms with E-state index in [0.29, 0.717) is 19.6 Å². The number of amides is 1. The van der Waals surface area contributed by atoms with E-state index in [1.54, 1.807) is 0 Å². The number of rotatable bonds is 5. The summed E-state index contributed by atoms with van der Waals surface area (Å²) < 4.78 is 11.4. The summed E-state index contributed by atoms with van der Waals surface area (Å²) in [5.41, 5.74) is 3.49. The van der Waals surface area contributed by atoms with Crippen molar-refractivity contribution in [3.63, 3.8) is 0 Å². The Kier molecular flexibility index (Phi) is 5.61. The second-order valence-electron chi connectivity index (χ2n) is 8.23. The first-order chi connectivity index (χ1) is 15.3. The Labute approximate surface area is 183 Å². The van der Waals surface area contributed by atoms with Crippen molar-refractivity contribution in [1.82, 2.24) is 4.90 Å². The van der Waals surface area contributed by atoms with Crippen LogP contribution in [0.5, 0.6) is 11.5 Å². The van der Waals surface area contributed by atoms with Gasteiger partial charge in [0.25, 0.3) is 0 Å². The molecule has 4 heteroatoms. The monoisotopic (exact) mass is 413 g/mol. The summed E-state index contributed by atoms with van der Waals surface area (Å²) in [7, 11) is 0. The van der Waals surface area contributed by atoms with Crippen LogP contribution in [0.25, 0.3) is 0 Å². The molecule has 1 unspecified atom stereocenters. The average Bonchev–Trinajstić information content (AvgIpc) is 3.33. The Hall–Kier alpha value is -3.27. The molecule has 31 heavy (non-hydrogen) atoms. The molecule has 2 aliphatic rings. The van der Waals surface area contributed by atoms with Gasteiger partial charge in [0.1, 0.15) is 13.2 Å². The van der Waals surface area contributed by atoms with Crippen LogP contribution in [0.4, 0.5) is 0 Å². The van der Waals surface area contributed by atoms with Crippen molar-refractivity contribution in [3.05, 3.63) is 95.6 Å². The van der Waals surface area contributed by atoms with Gasteiger partial charge in [0.15, 0.2) is 11.5 Å². The summed E-state index contributed by atoms with van der Waals surface area (Å²) >= 11 is 0.